The summed E-state index contributed by atoms with van der Waals surface area (Å²) in [5, 5.41) is 0. The predicted molar refractivity (Wildman–Crippen MR) is 256 cm³/mol. The molecule has 12 rings (SSSR count). The lowest BCUT2D eigenvalue weighted by atomic mass is 9.77. The predicted octanol–water partition coefficient (Wildman–Crippen LogP) is 13.7. The number of anilines is 3. The lowest BCUT2D eigenvalue weighted by molar-refractivity contribution is 0.400. The third-order valence-corrected chi connectivity index (χ3v) is 13.7. The molecule has 298 valence electrons. The van der Waals surface area contributed by atoms with Crippen LogP contribution in [-0.4, -0.2) is 28.1 Å². The second-order valence-electron chi connectivity index (χ2n) is 17.2. The van der Waals surface area contributed by atoms with Crippen LogP contribution in [0.3, 0.4) is 0 Å². The van der Waals surface area contributed by atoms with Gasteiger partial charge in [0.15, 0.2) is 5.82 Å². The van der Waals surface area contributed by atoms with E-state index >= 15 is 0 Å². The smallest absolute Gasteiger partial charge is 0.160 e. The van der Waals surface area contributed by atoms with Crippen molar-refractivity contribution in [3.05, 3.63) is 230 Å². The summed E-state index contributed by atoms with van der Waals surface area (Å²) in [5.41, 5.74) is 15.3. The van der Waals surface area contributed by atoms with Crippen LogP contribution in [0.25, 0.3) is 50.6 Å². The Morgan fingerprint density at radius 2 is 1.15 bits per heavy atom. The third-order valence-electron chi connectivity index (χ3n) is 13.7. The zero-order valence-electron chi connectivity index (χ0n) is 34.5. The van der Waals surface area contributed by atoms with Crippen molar-refractivity contribution >= 4 is 22.6 Å². The van der Waals surface area contributed by atoms with Crippen LogP contribution in [0, 0.1) is 11.8 Å². The topological polar surface area (TPSA) is 32.3 Å². The molecule has 2 aliphatic heterocycles. The number of nitrogens with zero attached hydrogens (tertiary/aromatic N) is 4. The van der Waals surface area contributed by atoms with Gasteiger partial charge in [0.25, 0.3) is 0 Å². The molecule has 3 heterocycles. The van der Waals surface area contributed by atoms with Crippen molar-refractivity contribution in [2.75, 3.05) is 9.80 Å². The lowest BCUT2D eigenvalue weighted by Gasteiger charge is -2.34. The largest absolute Gasteiger partial charge is 0.361 e. The van der Waals surface area contributed by atoms with Crippen molar-refractivity contribution in [3.8, 4) is 45.0 Å². The van der Waals surface area contributed by atoms with Crippen molar-refractivity contribution in [1.29, 1.82) is 0 Å². The molecule has 5 aliphatic rings. The fourth-order valence-electron chi connectivity index (χ4n) is 10.9. The highest BCUT2D eigenvalue weighted by Gasteiger charge is 2.48. The van der Waals surface area contributed by atoms with Crippen molar-refractivity contribution in [3.63, 3.8) is 0 Å². The van der Waals surface area contributed by atoms with E-state index in [9.17, 15) is 0 Å². The summed E-state index contributed by atoms with van der Waals surface area (Å²) >= 11 is 0. The maximum absolute atomic E-state index is 5.14. The fourth-order valence-corrected chi connectivity index (χ4v) is 10.9. The highest BCUT2D eigenvalue weighted by molar-refractivity contribution is 5.83. The number of fused-ring (bicyclic) bond motifs is 6. The molecule has 6 unspecified atom stereocenters. The van der Waals surface area contributed by atoms with E-state index in [-0.39, 0.29) is 6.04 Å². The standard InChI is InChI=1S/C58H46N4/c1-4-16-39(17-5-1)52-38-53(60-58(59-52)40-18-6-2-7-19-40)45-22-14-20-41(34-45)42-21-15-25-47(35-42)62-55-29-13-11-27-49(55)51-37-44(31-33-57(51)62)43-30-32-56-50(36-43)48-26-10-12-28-54(48)61(56)46-23-8-3-9-24-46/h1-26,28,30-38,48-49,51,54-55,57H,27,29H2. The third kappa shape index (κ3) is 6.37. The van der Waals surface area contributed by atoms with Crippen molar-refractivity contribution < 1.29 is 0 Å². The average molecular weight is 799 g/mol. The number of aromatic nitrogens is 2. The summed E-state index contributed by atoms with van der Waals surface area (Å²) in [7, 11) is 0. The average Bonchev–Trinajstić information content (AvgIpc) is 3.87. The zero-order chi connectivity index (χ0) is 41.0. The molecule has 3 aliphatic carbocycles. The molecule has 6 atom stereocenters. The molecule has 0 N–H and O–H groups in total. The summed E-state index contributed by atoms with van der Waals surface area (Å²) in [5.74, 6) is 2.03. The van der Waals surface area contributed by atoms with Gasteiger partial charge in [-0.05, 0) is 95.1 Å². The molecule has 0 bridgehead atoms. The maximum Gasteiger partial charge on any atom is 0.160 e. The van der Waals surface area contributed by atoms with Gasteiger partial charge in [-0.3, -0.25) is 0 Å². The molecule has 62 heavy (non-hydrogen) atoms. The Morgan fingerprint density at radius 3 is 1.97 bits per heavy atom. The van der Waals surface area contributed by atoms with Crippen molar-refractivity contribution in [2.45, 2.75) is 36.9 Å². The summed E-state index contributed by atoms with van der Waals surface area (Å²) in [6, 6.07) is 59.9. The second-order valence-corrected chi connectivity index (χ2v) is 17.2. The highest BCUT2D eigenvalue weighted by atomic mass is 15.2. The molecular weight excluding hydrogens is 753 g/mol. The Balaban J connectivity index is 0.864. The van der Waals surface area contributed by atoms with E-state index in [0.29, 0.717) is 29.8 Å². The van der Waals surface area contributed by atoms with Gasteiger partial charge in [-0.15, -0.1) is 0 Å². The Bertz CT molecular complexity index is 2900. The van der Waals surface area contributed by atoms with E-state index in [1.807, 2.05) is 24.3 Å². The number of hydrogen-bond acceptors (Lipinski definition) is 4. The van der Waals surface area contributed by atoms with Crippen LogP contribution in [0.1, 0.15) is 29.9 Å². The van der Waals surface area contributed by atoms with Crippen LogP contribution in [0.15, 0.2) is 218 Å². The summed E-state index contributed by atoms with van der Waals surface area (Å²) in [4.78, 5) is 15.4. The molecule has 6 aromatic carbocycles. The SMILES string of the molecule is C1=CC2c3cc(C4=CC5C6CC=CCC6N(c6cccc(-c7cccc(-c8cc(-c9ccccc9)nc(-c9ccccc9)n8)c7)c6)C5C=C4)ccc3N(c3ccccc3)C2C=C1. The minimum absolute atomic E-state index is 0.289. The maximum atomic E-state index is 5.14. The summed E-state index contributed by atoms with van der Waals surface area (Å²) < 4.78 is 0. The molecule has 0 radical (unpaired) electrons. The number of para-hydroxylation sites is 1. The number of benzene rings is 6. The van der Waals surface area contributed by atoms with E-state index in [2.05, 4.69) is 204 Å². The molecule has 1 aromatic heterocycles. The molecular formula is C58H46N4. The first-order valence-corrected chi connectivity index (χ1v) is 22.1. The minimum atomic E-state index is 0.289. The van der Waals surface area contributed by atoms with Crippen LogP contribution in [0.4, 0.5) is 17.1 Å². The number of hydrogen-bond donors (Lipinski definition) is 0. The Labute approximate surface area is 364 Å². The van der Waals surface area contributed by atoms with E-state index in [4.69, 9.17) is 9.97 Å². The van der Waals surface area contributed by atoms with E-state index in [0.717, 1.165) is 46.7 Å². The Morgan fingerprint density at radius 1 is 0.484 bits per heavy atom. The first-order valence-electron chi connectivity index (χ1n) is 22.1. The molecule has 0 saturated carbocycles. The Hall–Kier alpha value is -7.30. The first-order chi connectivity index (χ1) is 30.7. The van der Waals surface area contributed by atoms with Gasteiger partial charge in [-0.2, -0.15) is 0 Å². The minimum Gasteiger partial charge on any atom is -0.361 e. The second kappa shape index (κ2) is 15.3. The number of rotatable bonds is 7. The van der Waals surface area contributed by atoms with Crippen molar-refractivity contribution in [2.24, 2.45) is 11.8 Å². The zero-order valence-corrected chi connectivity index (χ0v) is 34.5. The van der Waals surface area contributed by atoms with Crippen LogP contribution >= 0.6 is 0 Å². The van der Waals surface area contributed by atoms with Gasteiger partial charge < -0.3 is 9.80 Å². The molecule has 7 aromatic rings. The molecule has 4 heteroatoms. The van der Waals surface area contributed by atoms with Crippen molar-refractivity contribution in [1.82, 2.24) is 9.97 Å². The molecule has 4 nitrogen and oxygen atoms in total. The van der Waals surface area contributed by atoms with Gasteiger partial charge >= 0.3 is 0 Å². The normalized spacial score (nSPS) is 22.8. The van der Waals surface area contributed by atoms with E-state index < -0.39 is 0 Å². The van der Waals surface area contributed by atoms with Gasteiger partial charge in [0.05, 0.1) is 23.5 Å². The monoisotopic (exact) mass is 798 g/mol. The van der Waals surface area contributed by atoms with Crippen LogP contribution in [-0.2, 0) is 0 Å². The van der Waals surface area contributed by atoms with E-state index in [1.165, 1.54) is 44.9 Å². The molecule has 0 spiro atoms. The first kappa shape index (κ1) is 36.5. The molecule has 1 saturated heterocycles. The van der Waals surface area contributed by atoms with Gasteiger partial charge in [0.1, 0.15) is 0 Å². The molecule has 0 amide bonds. The van der Waals surface area contributed by atoms with Gasteiger partial charge in [0, 0.05) is 51.6 Å². The van der Waals surface area contributed by atoms with Crippen LogP contribution < -0.4 is 9.80 Å². The lowest BCUT2D eigenvalue weighted by Crippen LogP contribution is -2.38. The summed E-state index contributed by atoms with van der Waals surface area (Å²) in [6.07, 6.45) is 23.7. The fraction of sp³-hybridized carbons (Fsp3) is 0.138. The number of allylic oxidation sites excluding steroid dienone is 5. The summed E-state index contributed by atoms with van der Waals surface area (Å²) in [6.45, 7) is 0. The van der Waals surface area contributed by atoms with Gasteiger partial charge in [0.2, 0.25) is 0 Å². The Kier molecular flexibility index (Phi) is 9.02. The van der Waals surface area contributed by atoms with E-state index in [1.54, 1.807) is 0 Å². The molecule has 1 fully saturated rings. The highest BCUT2D eigenvalue weighted by Crippen LogP contribution is 2.51. The van der Waals surface area contributed by atoms with Crippen LogP contribution in [0.5, 0.6) is 0 Å². The van der Waals surface area contributed by atoms with Gasteiger partial charge in [-0.1, -0.05) is 170 Å². The quantitative estimate of drug-likeness (QED) is 0.150. The van der Waals surface area contributed by atoms with Gasteiger partial charge in [-0.25, -0.2) is 9.97 Å². The van der Waals surface area contributed by atoms with Crippen LogP contribution in [0.2, 0.25) is 0 Å².